The molecule has 3 aliphatic rings. The molecule has 0 heterocycles. The Morgan fingerprint density at radius 1 is 1.43 bits per heavy atom. The maximum absolute atomic E-state index is 12.0. The zero-order valence-corrected chi connectivity index (χ0v) is 9.31. The SMILES string of the molecule is CCC1CC2CCC1(C(=O)NC)CC2. The maximum Gasteiger partial charge on any atom is 0.226 e. The number of hydrogen-bond acceptors (Lipinski definition) is 1. The van der Waals surface area contributed by atoms with Crippen LogP contribution < -0.4 is 5.32 Å². The van der Waals surface area contributed by atoms with Gasteiger partial charge in [-0.3, -0.25) is 4.79 Å². The van der Waals surface area contributed by atoms with Crippen molar-refractivity contribution in [3.63, 3.8) is 0 Å². The van der Waals surface area contributed by atoms with E-state index >= 15 is 0 Å². The lowest BCUT2D eigenvalue weighted by Crippen LogP contribution is -2.51. The first-order valence-corrected chi connectivity index (χ1v) is 5.95. The zero-order valence-electron chi connectivity index (χ0n) is 9.31. The van der Waals surface area contributed by atoms with Gasteiger partial charge < -0.3 is 5.32 Å². The van der Waals surface area contributed by atoms with Crippen LogP contribution in [0.25, 0.3) is 0 Å². The van der Waals surface area contributed by atoms with E-state index in [1.54, 1.807) is 7.05 Å². The smallest absolute Gasteiger partial charge is 0.226 e. The minimum absolute atomic E-state index is 0.0122. The second-order valence-corrected chi connectivity index (χ2v) is 5.02. The predicted molar refractivity (Wildman–Crippen MR) is 56.9 cm³/mol. The van der Waals surface area contributed by atoms with Gasteiger partial charge in [-0.25, -0.2) is 0 Å². The van der Waals surface area contributed by atoms with Crippen molar-refractivity contribution in [2.75, 3.05) is 7.05 Å². The molecule has 0 aromatic heterocycles. The van der Waals surface area contributed by atoms with E-state index < -0.39 is 0 Å². The summed E-state index contributed by atoms with van der Waals surface area (Å²) in [7, 11) is 1.78. The summed E-state index contributed by atoms with van der Waals surface area (Å²) in [5.74, 6) is 1.88. The van der Waals surface area contributed by atoms with Crippen LogP contribution >= 0.6 is 0 Å². The molecule has 1 atom stereocenters. The van der Waals surface area contributed by atoms with Gasteiger partial charge in [0, 0.05) is 7.05 Å². The van der Waals surface area contributed by atoms with Gasteiger partial charge in [0.05, 0.1) is 5.41 Å². The van der Waals surface area contributed by atoms with Crippen molar-refractivity contribution < 1.29 is 4.79 Å². The molecular weight excluding hydrogens is 174 g/mol. The summed E-state index contributed by atoms with van der Waals surface area (Å²) in [6.45, 7) is 2.23. The highest BCUT2D eigenvalue weighted by atomic mass is 16.2. The van der Waals surface area contributed by atoms with Crippen LogP contribution in [0.2, 0.25) is 0 Å². The fourth-order valence-corrected chi connectivity index (χ4v) is 3.68. The lowest BCUT2D eigenvalue weighted by atomic mass is 9.54. The number of hydrogen-bond donors (Lipinski definition) is 1. The first-order chi connectivity index (χ1) is 6.73. The standard InChI is InChI=1S/C12H21NO/c1-3-10-8-9-4-6-12(10,7-5-9)11(14)13-2/h9-10H,3-8H2,1-2H3,(H,13,14). The molecule has 80 valence electrons. The molecule has 3 saturated carbocycles. The number of nitrogens with one attached hydrogen (secondary N) is 1. The molecule has 0 radical (unpaired) electrons. The highest BCUT2D eigenvalue weighted by Crippen LogP contribution is 2.54. The number of amides is 1. The fourth-order valence-electron chi connectivity index (χ4n) is 3.68. The minimum atomic E-state index is 0.0122. The Labute approximate surface area is 86.5 Å². The number of fused-ring (bicyclic) bond motifs is 3. The van der Waals surface area contributed by atoms with Gasteiger partial charge in [-0.15, -0.1) is 0 Å². The lowest BCUT2D eigenvalue weighted by Gasteiger charge is -2.50. The van der Waals surface area contributed by atoms with Gasteiger partial charge in [0.15, 0.2) is 0 Å². The molecule has 0 aromatic rings. The van der Waals surface area contributed by atoms with Gasteiger partial charge in [0.25, 0.3) is 0 Å². The topological polar surface area (TPSA) is 29.1 Å². The highest BCUT2D eigenvalue weighted by Gasteiger charge is 2.51. The average molecular weight is 195 g/mol. The molecule has 1 amide bonds. The van der Waals surface area contributed by atoms with Crippen LogP contribution in [0.15, 0.2) is 0 Å². The van der Waals surface area contributed by atoms with Crippen molar-refractivity contribution in [3.05, 3.63) is 0 Å². The van der Waals surface area contributed by atoms with Gasteiger partial charge in [-0.05, 0) is 43.9 Å². The van der Waals surface area contributed by atoms with Crippen molar-refractivity contribution in [2.45, 2.75) is 45.4 Å². The zero-order chi connectivity index (χ0) is 10.2. The Morgan fingerprint density at radius 3 is 2.57 bits per heavy atom. The summed E-state index contributed by atoms with van der Waals surface area (Å²) >= 11 is 0. The molecule has 1 unspecified atom stereocenters. The highest BCUT2D eigenvalue weighted by molar-refractivity contribution is 5.83. The van der Waals surface area contributed by atoms with Crippen molar-refractivity contribution in [2.24, 2.45) is 17.3 Å². The largest absolute Gasteiger partial charge is 0.359 e. The average Bonchev–Trinajstić information content (AvgIpc) is 2.29. The number of carbonyl (C=O) groups is 1. The molecule has 3 aliphatic carbocycles. The second-order valence-electron chi connectivity index (χ2n) is 5.02. The molecule has 3 fully saturated rings. The normalized spacial score (nSPS) is 41.0. The van der Waals surface area contributed by atoms with Crippen molar-refractivity contribution in [3.8, 4) is 0 Å². The van der Waals surface area contributed by atoms with Gasteiger partial charge in [0.1, 0.15) is 0 Å². The number of carbonyl (C=O) groups excluding carboxylic acids is 1. The Kier molecular flexibility index (Phi) is 2.54. The van der Waals surface area contributed by atoms with Crippen molar-refractivity contribution in [1.29, 1.82) is 0 Å². The van der Waals surface area contributed by atoms with E-state index in [4.69, 9.17) is 0 Å². The first kappa shape index (κ1) is 10.0. The van der Waals surface area contributed by atoms with Gasteiger partial charge in [-0.1, -0.05) is 13.3 Å². The Hall–Kier alpha value is -0.530. The summed E-state index contributed by atoms with van der Waals surface area (Å²) in [4.78, 5) is 12.0. The molecule has 0 spiro atoms. The second kappa shape index (κ2) is 3.56. The molecule has 2 heteroatoms. The van der Waals surface area contributed by atoms with Gasteiger partial charge in [-0.2, -0.15) is 0 Å². The Bertz CT molecular complexity index is 228. The first-order valence-electron chi connectivity index (χ1n) is 5.95. The van der Waals surface area contributed by atoms with E-state index in [-0.39, 0.29) is 5.41 Å². The lowest BCUT2D eigenvalue weighted by molar-refractivity contribution is -0.142. The number of rotatable bonds is 2. The van der Waals surface area contributed by atoms with E-state index in [0.717, 1.165) is 18.8 Å². The quantitative estimate of drug-likeness (QED) is 0.720. The van der Waals surface area contributed by atoms with Crippen molar-refractivity contribution in [1.82, 2.24) is 5.32 Å². The molecule has 0 aliphatic heterocycles. The van der Waals surface area contributed by atoms with Crippen LogP contribution in [0.5, 0.6) is 0 Å². The van der Waals surface area contributed by atoms with Crippen LogP contribution in [0.3, 0.4) is 0 Å². The predicted octanol–water partition coefficient (Wildman–Crippen LogP) is 2.34. The van der Waals surface area contributed by atoms with Crippen LogP contribution in [-0.2, 0) is 4.79 Å². The summed E-state index contributed by atoms with van der Waals surface area (Å²) in [6.07, 6.45) is 7.30. The molecule has 0 aromatic carbocycles. The summed E-state index contributed by atoms with van der Waals surface area (Å²) in [6, 6.07) is 0. The summed E-state index contributed by atoms with van der Waals surface area (Å²) in [5.41, 5.74) is 0.0122. The third kappa shape index (κ3) is 1.27. The monoisotopic (exact) mass is 195 g/mol. The maximum atomic E-state index is 12.0. The molecule has 2 bridgehead atoms. The van der Waals surface area contributed by atoms with Crippen molar-refractivity contribution >= 4 is 5.91 Å². The molecular formula is C12H21NO. The van der Waals surface area contributed by atoms with Crippen LogP contribution in [0, 0.1) is 17.3 Å². The molecule has 1 N–H and O–H groups in total. The van der Waals surface area contributed by atoms with Gasteiger partial charge in [0.2, 0.25) is 5.91 Å². The van der Waals surface area contributed by atoms with E-state index in [9.17, 15) is 4.79 Å². The molecule has 2 nitrogen and oxygen atoms in total. The third-order valence-electron chi connectivity index (χ3n) is 4.57. The molecule has 0 saturated heterocycles. The van der Waals surface area contributed by atoms with E-state index in [2.05, 4.69) is 12.2 Å². The molecule has 3 rings (SSSR count). The van der Waals surface area contributed by atoms with E-state index in [0.29, 0.717) is 11.8 Å². The van der Waals surface area contributed by atoms with Gasteiger partial charge >= 0.3 is 0 Å². The van der Waals surface area contributed by atoms with Crippen LogP contribution in [-0.4, -0.2) is 13.0 Å². The summed E-state index contributed by atoms with van der Waals surface area (Å²) in [5, 5.41) is 2.88. The fraction of sp³-hybridized carbons (Fsp3) is 0.917. The van der Waals surface area contributed by atoms with E-state index in [1.807, 2.05) is 0 Å². The van der Waals surface area contributed by atoms with Crippen LogP contribution in [0.4, 0.5) is 0 Å². The van der Waals surface area contributed by atoms with Crippen LogP contribution in [0.1, 0.15) is 45.4 Å². The summed E-state index contributed by atoms with van der Waals surface area (Å²) < 4.78 is 0. The minimum Gasteiger partial charge on any atom is -0.359 e. The Morgan fingerprint density at radius 2 is 2.07 bits per heavy atom. The van der Waals surface area contributed by atoms with E-state index in [1.165, 1.54) is 25.7 Å². The third-order valence-corrected chi connectivity index (χ3v) is 4.57. The Balaban J connectivity index is 2.23. The molecule has 14 heavy (non-hydrogen) atoms.